The number of hydrogen-bond donors (Lipinski definition) is 1. The normalized spacial score (nSPS) is 25.7. The molecular formula is C21H34Cl2N2O. The first-order valence-electron chi connectivity index (χ1n) is 9.99. The number of halogens is 2. The maximum atomic E-state index is 13.0. The van der Waals surface area contributed by atoms with Crippen LogP contribution in [0.1, 0.15) is 47.0 Å². The summed E-state index contributed by atoms with van der Waals surface area (Å²) < 4.78 is 0. The van der Waals surface area contributed by atoms with Crippen molar-refractivity contribution >= 4 is 29.1 Å². The molecule has 0 spiro atoms. The molecule has 0 aromatic rings. The zero-order valence-corrected chi connectivity index (χ0v) is 18.1. The van der Waals surface area contributed by atoms with Crippen LogP contribution in [0.2, 0.25) is 0 Å². The van der Waals surface area contributed by atoms with Crippen molar-refractivity contribution in [1.29, 1.82) is 0 Å². The second kappa shape index (κ2) is 10.1. The van der Waals surface area contributed by atoms with E-state index in [4.69, 9.17) is 23.2 Å². The molecule has 3 atom stereocenters. The molecule has 1 aliphatic carbocycles. The van der Waals surface area contributed by atoms with E-state index in [-0.39, 0.29) is 22.7 Å². The Morgan fingerprint density at radius 3 is 2.38 bits per heavy atom. The van der Waals surface area contributed by atoms with E-state index in [1.54, 1.807) is 0 Å². The lowest BCUT2D eigenvalue weighted by atomic mass is 9.86. The highest BCUT2D eigenvalue weighted by atomic mass is 35.5. The van der Waals surface area contributed by atoms with Gasteiger partial charge in [-0.2, -0.15) is 0 Å². The second-order valence-corrected chi connectivity index (χ2v) is 9.38. The van der Waals surface area contributed by atoms with E-state index in [0.717, 1.165) is 38.9 Å². The molecule has 2 unspecified atom stereocenters. The van der Waals surface area contributed by atoms with Crippen LogP contribution in [0.3, 0.4) is 0 Å². The number of piperidine rings is 1. The van der Waals surface area contributed by atoms with Gasteiger partial charge < -0.3 is 10.2 Å². The summed E-state index contributed by atoms with van der Waals surface area (Å²) in [5.41, 5.74) is 1.28. The van der Waals surface area contributed by atoms with Gasteiger partial charge in [0.15, 0.2) is 0 Å². The molecule has 148 valence electrons. The fraction of sp³-hybridized carbons (Fsp3) is 0.762. The van der Waals surface area contributed by atoms with Crippen molar-refractivity contribution in [3.63, 3.8) is 0 Å². The fourth-order valence-electron chi connectivity index (χ4n) is 3.68. The van der Waals surface area contributed by atoms with E-state index in [0.29, 0.717) is 17.8 Å². The largest absolute Gasteiger partial charge is 0.341 e. The van der Waals surface area contributed by atoms with Gasteiger partial charge in [0.1, 0.15) is 0 Å². The summed E-state index contributed by atoms with van der Waals surface area (Å²) in [4.78, 5) is 15.0. The van der Waals surface area contributed by atoms with Gasteiger partial charge in [-0.25, -0.2) is 0 Å². The van der Waals surface area contributed by atoms with E-state index >= 15 is 0 Å². The van der Waals surface area contributed by atoms with Crippen molar-refractivity contribution < 1.29 is 4.79 Å². The number of rotatable bonds is 7. The lowest BCUT2D eigenvalue weighted by Gasteiger charge is -2.36. The number of nitrogens with zero attached hydrogens (tertiary/aromatic N) is 1. The average molecular weight is 401 g/mol. The van der Waals surface area contributed by atoms with E-state index in [1.165, 1.54) is 5.57 Å². The third-order valence-corrected chi connectivity index (χ3v) is 6.37. The highest BCUT2D eigenvalue weighted by Crippen LogP contribution is 2.31. The van der Waals surface area contributed by atoms with E-state index in [2.05, 4.69) is 45.2 Å². The molecule has 26 heavy (non-hydrogen) atoms. The summed E-state index contributed by atoms with van der Waals surface area (Å²) >= 11 is 12.4. The Kier molecular flexibility index (Phi) is 8.50. The first kappa shape index (κ1) is 21.8. The van der Waals surface area contributed by atoms with E-state index in [1.807, 2.05) is 11.0 Å². The van der Waals surface area contributed by atoms with Crippen LogP contribution in [-0.4, -0.2) is 47.2 Å². The van der Waals surface area contributed by atoms with Gasteiger partial charge in [-0.05, 0) is 49.1 Å². The van der Waals surface area contributed by atoms with E-state index in [9.17, 15) is 4.79 Å². The van der Waals surface area contributed by atoms with Gasteiger partial charge in [-0.15, -0.1) is 23.2 Å². The minimum atomic E-state index is -0.133. The van der Waals surface area contributed by atoms with Crippen LogP contribution in [0.25, 0.3) is 0 Å². The van der Waals surface area contributed by atoms with Crippen LogP contribution in [0.4, 0.5) is 0 Å². The van der Waals surface area contributed by atoms with Crippen molar-refractivity contribution in [2.24, 2.45) is 17.8 Å². The summed E-state index contributed by atoms with van der Waals surface area (Å²) in [7, 11) is 0. The molecule has 2 aliphatic rings. The van der Waals surface area contributed by atoms with Crippen LogP contribution in [0, 0.1) is 17.8 Å². The Morgan fingerprint density at radius 1 is 1.19 bits per heavy atom. The van der Waals surface area contributed by atoms with Crippen LogP contribution >= 0.6 is 23.2 Å². The number of hydrogen-bond acceptors (Lipinski definition) is 2. The quantitative estimate of drug-likeness (QED) is 0.633. The van der Waals surface area contributed by atoms with Crippen molar-refractivity contribution in [2.75, 3.05) is 19.6 Å². The predicted octanol–water partition coefficient (Wildman–Crippen LogP) is 4.60. The molecule has 2 rings (SSSR count). The lowest BCUT2D eigenvalue weighted by molar-refractivity contribution is -0.135. The molecular weight excluding hydrogens is 367 g/mol. The Bertz CT molecular complexity index is 522. The Hall–Kier alpha value is -0.510. The average Bonchev–Trinajstić information content (AvgIpc) is 2.60. The third kappa shape index (κ3) is 6.00. The van der Waals surface area contributed by atoms with E-state index < -0.39 is 0 Å². The lowest BCUT2D eigenvalue weighted by Crippen LogP contribution is -2.51. The van der Waals surface area contributed by atoms with Crippen LogP contribution < -0.4 is 5.32 Å². The summed E-state index contributed by atoms with van der Waals surface area (Å²) in [5, 5.41) is 3.23. The standard InChI is InChI=1S/C21H34Cl2N2O/c1-14(2)7-10-24-20(15(3)4)21(26)25-11-8-16(9-12-25)17-5-6-18(22)19(23)13-17/h5-6,13-16,18-20,24H,7-12H2,1-4H3/t18?,19?,20-/m1/s1. The van der Waals surface area contributed by atoms with Gasteiger partial charge in [0.2, 0.25) is 5.91 Å². The molecule has 5 heteroatoms. The Balaban J connectivity index is 1.88. The summed E-state index contributed by atoms with van der Waals surface area (Å²) in [6.07, 6.45) is 9.28. The fourth-order valence-corrected chi connectivity index (χ4v) is 4.05. The molecule has 0 aromatic heterocycles. The maximum Gasteiger partial charge on any atom is 0.239 e. The van der Waals surface area contributed by atoms with Gasteiger partial charge in [0.25, 0.3) is 0 Å². The van der Waals surface area contributed by atoms with Gasteiger partial charge in [0.05, 0.1) is 16.8 Å². The molecule has 1 amide bonds. The predicted molar refractivity (Wildman–Crippen MR) is 112 cm³/mol. The molecule has 1 saturated heterocycles. The number of likely N-dealkylation sites (tertiary alicyclic amines) is 1. The molecule has 0 aromatic carbocycles. The summed E-state index contributed by atoms with van der Waals surface area (Å²) in [5.74, 6) is 1.68. The van der Waals surface area contributed by atoms with Crippen molar-refractivity contribution in [2.45, 2.75) is 63.8 Å². The highest BCUT2D eigenvalue weighted by Gasteiger charge is 2.31. The zero-order valence-electron chi connectivity index (χ0n) is 16.6. The van der Waals surface area contributed by atoms with Crippen LogP contribution in [0.5, 0.6) is 0 Å². The highest BCUT2D eigenvalue weighted by molar-refractivity contribution is 6.31. The number of nitrogens with one attached hydrogen (secondary N) is 1. The second-order valence-electron chi connectivity index (χ2n) is 8.37. The minimum Gasteiger partial charge on any atom is -0.341 e. The molecule has 3 nitrogen and oxygen atoms in total. The van der Waals surface area contributed by atoms with Gasteiger partial charge in [-0.1, -0.05) is 45.9 Å². The molecule has 0 radical (unpaired) electrons. The zero-order chi connectivity index (χ0) is 19.3. The molecule has 1 N–H and O–H groups in total. The summed E-state index contributed by atoms with van der Waals surface area (Å²) in [6, 6.07) is -0.0803. The first-order valence-corrected chi connectivity index (χ1v) is 10.9. The van der Waals surface area contributed by atoms with Crippen LogP contribution in [-0.2, 0) is 4.79 Å². The third-order valence-electron chi connectivity index (χ3n) is 5.43. The number of carbonyl (C=O) groups is 1. The smallest absolute Gasteiger partial charge is 0.239 e. The minimum absolute atomic E-state index is 0.0803. The monoisotopic (exact) mass is 400 g/mol. The number of amides is 1. The molecule has 0 saturated carbocycles. The van der Waals surface area contributed by atoms with Crippen molar-refractivity contribution in [3.8, 4) is 0 Å². The van der Waals surface area contributed by atoms with Crippen molar-refractivity contribution in [1.82, 2.24) is 10.2 Å². The molecule has 0 bridgehead atoms. The van der Waals surface area contributed by atoms with Gasteiger partial charge >= 0.3 is 0 Å². The number of carbonyl (C=O) groups excluding carboxylic acids is 1. The Morgan fingerprint density at radius 2 is 1.85 bits per heavy atom. The van der Waals surface area contributed by atoms with Gasteiger partial charge in [-0.3, -0.25) is 4.79 Å². The first-order chi connectivity index (χ1) is 12.3. The number of allylic oxidation sites excluding steroid dienone is 4. The SMILES string of the molecule is CC(C)CCN[C@@H](C(=O)N1CCC(C2=CC(Cl)C(Cl)C=C2)CC1)C(C)C. The van der Waals surface area contributed by atoms with Crippen molar-refractivity contribution in [3.05, 3.63) is 23.8 Å². The van der Waals surface area contributed by atoms with Gasteiger partial charge in [0, 0.05) is 13.1 Å². The molecule has 1 aliphatic heterocycles. The Labute approximate surface area is 169 Å². The molecule has 1 heterocycles. The summed E-state index contributed by atoms with van der Waals surface area (Å²) in [6.45, 7) is 11.2. The number of alkyl halides is 2. The topological polar surface area (TPSA) is 32.3 Å². The van der Waals surface area contributed by atoms with Crippen LogP contribution in [0.15, 0.2) is 23.8 Å². The maximum absolute atomic E-state index is 13.0. The molecule has 1 fully saturated rings.